The molecule has 0 aliphatic carbocycles. The van der Waals surface area contributed by atoms with E-state index in [9.17, 15) is 13.2 Å². The molecule has 0 unspecified atom stereocenters. The van der Waals surface area contributed by atoms with Crippen molar-refractivity contribution in [3.8, 4) is 0 Å². The first-order valence-corrected chi connectivity index (χ1v) is 8.78. The number of anilines is 1. The van der Waals surface area contributed by atoms with E-state index >= 15 is 0 Å². The Hall–Kier alpha value is -1.68. The van der Waals surface area contributed by atoms with Gasteiger partial charge in [0.25, 0.3) is 0 Å². The number of para-hydroxylation sites is 1. The average molecular weight is 362 g/mol. The van der Waals surface area contributed by atoms with Gasteiger partial charge >= 0.3 is 16.3 Å². The van der Waals surface area contributed by atoms with E-state index in [1.807, 2.05) is 32.0 Å². The van der Waals surface area contributed by atoms with Gasteiger partial charge in [0, 0.05) is 18.8 Å². The van der Waals surface area contributed by atoms with E-state index in [-0.39, 0.29) is 13.3 Å². The number of hydrogen-bond acceptors (Lipinski definition) is 7. The number of carbonyl (C=O) groups is 1. The minimum atomic E-state index is -4.16. The molecular formula is C15H26N2O6S. The Morgan fingerprint density at radius 2 is 1.79 bits per heavy atom. The second-order valence-electron chi connectivity index (χ2n) is 4.77. The zero-order chi connectivity index (χ0) is 18.8. The summed E-state index contributed by atoms with van der Waals surface area (Å²) in [7, 11) is -4.16. The van der Waals surface area contributed by atoms with Crippen molar-refractivity contribution in [1.82, 2.24) is 4.31 Å². The number of aliphatic hydroxyl groups is 1. The van der Waals surface area contributed by atoms with Gasteiger partial charge in [0.1, 0.15) is 13.3 Å². The maximum Gasteiger partial charge on any atom is 0.389 e. The molecule has 0 bridgehead atoms. The Kier molecular flexibility index (Phi) is 10.2. The van der Waals surface area contributed by atoms with Crippen LogP contribution in [0.25, 0.3) is 0 Å². The first-order chi connectivity index (χ1) is 11.2. The lowest BCUT2D eigenvalue weighted by molar-refractivity contribution is -0.137. The Morgan fingerprint density at radius 3 is 2.17 bits per heavy atom. The minimum Gasteiger partial charge on any atom is -0.398 e. The van der Waals surface area contributed by atoms with E-state index in [1.54, 1.807) is 13.8 Å². The van der Waals surface area contributed by atoms with Crippen LogP contribution in [0.3, 0.4) is 0 Å². The molecule has 0 spiro atoms. The van der Waals surface area contributed by atoms with Gasteiger partial charge in [0.2, 0.25) is 0 Å². The number of carbonyl (C=O) groups excluding carboxylic acids is 1. The molecule has 0 saturated heterocycles. The van der Waals surface area contributed by atoms with Crippen molar-refractivity contribution < 1.29 is 27.2 Å². The third kappa shape index (κ3) is 7.73. The number of nitrogens with two attached hydrogens (primary N) is 1. The Bertz CT molecular complexity index is 598. The highest BCUT2D eigenvalue weighted by Gasteiger charge is 2.24. The first kappa shape index (κ1) is 22.3. The smallest absolute Gasteiger partial charge is 0.389 e. The standard InChI is InChI=1S/C8H11N.C7H15NO6S/c1-6-4-3-5-7(2)8(6)9;1-3-8(6-13-4-2)15(11,12)14-7(10)5-9/h3-5H,9H2,1-2H3;9H,3-6H2,1-2H3. The fraction of sp³-hybridized carbons (Fsp3) is 0.533. The highest BCUT2D eigenvalue weighted by Crippen LogP contribution is 2.13. The van der Waals surface area contributed by atoms with Crippen LogP contribution in [0, 0.1) is 13.8 Å². The lowest BCUT2D eigenvalue weighted by Gasteiger charge is -2.18. The number of aryl methyl sites for hydroxylation is 2. The normalized spacial score (nSPS) is 10.9. The molecular weight excluding hydrogens is 336 g/mol. The summed E-state index contributed by atoms with van der Waals surface area (Å²) in [6.45, 7) is 6.61. The van der Waals surface area contributed by atoms with Crippen LogP contribution in [0.1, 0.15) is 25.0 Å². The van der Waals surface area contributed by atoms with Crippen LogP contribution in [0.15, 0.2) is 18.2 Å². The number of nitrogen functional groups attached to an aromatic ring is 1. The summed E-state index contributed by atoms with van der Waals surface area (Å²) in [4.78, 5) is 10.6. The predicted molar refractivity (Wildman–Crippen MR) is 91.3 cm³/mol. The van der Waals surface area contributed by atoms with Gasteiger partial charge in [-0.05, 0) is 31.9 Å². The molecule has 0 radical (unpaired) electrons. The van der Waals surface area contributed by atoms with Crippen LogP contribution < -0.4 is 5.73 Å². The van der Waals surface area contributed by atoms with Crippen molar-refractivity contribution in [2.45, 2.75) is 27.7 Å². The molecule has 1 aromatic carbocycles. The first-order valence-electron chi connectivity index (χ1n) is 7.42. The molecule has 0 atom stereocenters. The van der Waals surface area contributed by atoms with Gasteiger partial charge in [-0.2, -0.15) is 8.42 Å². The van der Waals surface area contributed by atoms with E-state index in [1.165, 1.54) is 0 Å². The maximum absolute atomic E-state index is 11.3. The highest BCUT2D eigenvalue weighted by molar-refractivity contribution is 7.84. The number of aliphatic hydroxyl groups excluding tert-OH is 1. The van der Waals surface area contributed by atoms with Gasteiger partial charge in [-0.1, -0.05) is 25.1 Å². The van der Waals surface area contributed by atoms with Crippen LogP contribution in [0.4, 0.5) is 5.69 Å². The average Bonchev–Trinajstić information content (AvgIpc) is 2.53. The molecule has 0 aliphatic rings. The van der Waals surface area contributed by atoms with Crippen molar-refractivity contribution in [3.05, 3.63) is 29.3 Å². The number of rotatable bonds is 7. The summed E-state index contributed by atoms with van der Waals surface area (Å²) in [5.41, 5.74) is 8.92. The SMILES string of the molecule is CCOCN(CC)S(=O)(=O)OC(=O)CO.Cc1cccc(C)c1N. The molecule has 0 fully saturated rings. The summed E-state index contributed by atoms with van der Waals surface area (Å²) in [5.74, 6) is -1.22. The maximum atomic E-state index is 11.3. The molecule has 0 aliphatic heterocycles. The lowest BCUT2D eigenvalue weighted by Crippen LogP contribution is -2.36. The van der Waals surface area contributed by atoms with Crippen molar-refractivity contribution in [2.24, 2.45) is 0 Å². The molecule has 0 amide bonds. The van der Waals surface area contributed by atoms with E-state index in [4.69, 9.17) is 15.6 Å². The number of nitrogens with zero attached hydrogens (tertiary/aromatic N) is 1. The topological polar surface area (TPSA) is 119 Å². The second kappa shape index (κ2) is 11.0. The summed E-state index contributed by atoms with van der Waals surface area (Å²) in [5, 5.41) is 8.34. The van der Waals surface area contributed by atoms with E-state index < -0.39 is 22.9 Å². The highest BCUT2D eigenvalue weighted by atomic mass is 32.2. The van der Waals surface area contributed by atoms with Crippen LogP contribution >= 0.6 is 0 Å². The van der Waals surface area contributed by atoms with Crippen molar-refractivity contribution in [3.63, 3.8) is 0 Å². The Balaban J connectivity index is 0.000000496. The van der Waals surface area contributed by atoms with Crippen LogP contribution in [-0.4, -0.2) is 50.3 Å². The van der Waals surface area contributed by atoms with Gasteiger partial charge in [0.05, 0.1) is 0 Å². The van der Waals surface area contributed by atoms with Crippen LogP contribution in [0.2, 0.25) is 0 Å². The predicted octanol–water partition coefficient (Wildman–Crippen LogP) is 0.968. The lowest BCUT2D eigenvalue weighted by atomic mass is 10.1. The fourth-order valence-corrected chi connectivity index (χ4v) is 2.44. The van der Waals surface area contributed by atoms with E-state index in [0.29, 0.717) is 6.61 Å². The molecule has 8 nitrogen and oxygen atoms in total. The van der Waals surface area contributed by atoms with Crippen molar-refractivity contribution >= 4 is 22.0 Å². The molecule has 3 N–H and O–H groups in total. The number of hydrogen-bond donors (Lipinski definition) is 2. The number of ether oxygens (including phenoxy) is 1. The molecule has 1 rings (SSSR count). The zero-order valence-corrected chi connectivity index (χ0v) is 15.3. The molecule has 1 aromatic rings. The van der Waals surface area contributed by atoms with Gasteiger partial charge < -0.3 is 19.8 Å². The summed E-state index contributed by atoms with van der Waals surface area (Å²) < 4.78 is 32.4. The summed E-state index contributed by atoms with van der Waals surface area (Å²) in [6.07, 6.45) is 0. The molecule has 138 valence electrons. The monoisotopic (exact) mass is 362 g/mol. The van der Waals surface area contributed by atoms with Crippen molar-refractivity contribution in [1.29, 1.82) is 0 Å². The minimum absolute atomic E-state index is 0.112. The van der Waals surface area contributed by atoms with Gasteiger partial charge in [-0.3, -0.25) is 0 Å². The summed E-state index contributed by atoms with van der Waals surface area (Å²) in [6, 6.07) is 6.05. The molecule has 9 heteroatoms. The third-order valence-electron chi connectivity index (χ3n) is 2.98. The van der Waals surface area contributed by atoms with E-state index in [2.05, 4.69) is 4.18 Å². The second-order valence-corrected chi connectivity index (χ2v) is 6.31. The fourth-order valence-electron chi connectivity index (χ4n) is 1.53. The number of benzene rings is 1. The third-order valence-corrected chi connectivity index (χ3v) is 4.37. The quantitative estimate of drug-likeness (QED) is 0.548. The van der Waals surface area contributed by atoms with Gasteiger partial charge in [0.15, 0.2) is 0 Å². The van der Waals surface area contributed by atoms with Gasteiger partial charge in [-0.15, -0.1) is 4.31 Å². The molecule has 0 saturated carbocycles. The summed E-state index contributed by atoms with van der Waals surface area (Å²) >= 11 is 0. The van der Waals surface area contributed by atoms with Crippen LogP contribution in [-0.2, 0) is 24.0 Å². The Labute approximate surface area is 143 Å². The zero-order valence-electron chi connectivity index (χ0n) is 14.5. The largest absolute Gasteiger partial charge is 0.398 e. The van der Waals surface area contributed by atoms with E-state index in [0.717, 1.165) is 21.1 Å². The van der Waals surface area contributed by atoms with Gasteiger partial charge in [-0.25, -0.2) is 4.79 Å². The molecule has 0 aromatic heterocycles. The molecule has 0 heterocycles. The van der Waals surface area contributed by atoms with Crippen LogP contribution in [0.5, 0.6) is 0 Å². The Morgan fingerprint density at radius 1 is 1.25 bits per heavy atom. The van der Waals surface area contributed by atoms with Crippen molar-refractivity contribution in [2.75, 3.05) is 32.2 Å². The molecule has 24 heavy (non-hydrogen) atoms.